The second kappa shape index (κ2) is 3.59. The molecule has 2 aliphatic rings. The summed E-state index contributed by atoms with van der Waals surface area (Å²) < 4.78 is 5.58. The molecule has 1 amide bonds. The van der Waals surface area contributed by atoms with Crippen molar-refractivity contribution >= 4 is 5.91 Å². The molecule has 2 aliphatic heterocycles. The van der Waals surface area contributed by atoms with Gasteiger partial charge in [-0.25, -0.2) is 0 Å². The summed E-state index contributed by atoms with van der Waals surface area (Å²) in [4.78, 5) is 13.8. The molecule has 0 aromatic heterocycles. The molecule has 3 rings (SSSR count). The molecule has 1 aromatic carbocycles. The largest absolute Gasteiger partial charge is 0.357 e. The average molecular weight is 217 g/mol. The summed E-state index contributed by atoms with van der Waals surface area (Å²) in [7, 11) is 0. The first kappa shape index (κ1) is 9.85. The molecule has 16 heavy (non-hydrogen) atoms. The highest BCUT2D eigenvalue weighted by atomic mass is 16.5. The van der Waals surface area contributed by atoms with Crippen molar-refractivity contribution in [3.05, 3.63) is 35.9 Å². The zero-order chi connectivity index (χ0) is 11.1. The number of carbonyl (C=O) groups excluding carboxylic acids is 1. The lowest BCUT2D eigenvalue weighted by Gasteiger charge is -2.45. The highest BCUT2D eigenvalue weighted by Gasteiger charge is 2.52. The molecule has 0 N–H and O–H groups in total. The van der Waals surface area contributed by atoms with Gasteiger partial charge in [0.1, 0.15) is 6.23 Å². The van der Waals surface area contributed by atoms with Crippen LogP contribution in [0.25, 0.3) is 0 Å². The predicted octanol–water partition coefficient (Wildman–Crippen LogP) is 1.95. The van der Waals surface area contributed by atoms with Gasteiger partial charge in [0.15, 0.2) is 0 Å². The van der Waals surface area contributed by atoms with Crippen molar-refractivity contribution in [1.82, 2.24) is 4.90 Å². The van der Waals surface area contributed by atoms with E-state index in [0.29, 0.717) is 0 Å². The Morgan fingerprint density at radius 3 is 2.88 bits per heavy atom. The van der Waals surface area contributed by atoms with Gasteiger partial charge in [-0.1, -0.05) is 30.3 Å². The lowest BCUT2D eigenvalue weighted by atomic mass is 9.91. The number of hydrogen-bond donors (Lipinski definition) is 0. The summed E-state index contributed by atoms with van der Waals surface area (Å²) >= 11 is 0. The van der Waals surface area contributed by atoms with Crippen LogP contribution in [-0.2, 0) is 9.53 Å². The molecule has 0 radical (unpaired) electrons. The van der Waals surface area contributed by atoms with Crippen LogP contribution in [0.2, 0.25) is 0 Å². The first-order chi connectivity index (χ1) is 7.79. The molecule has 0 bridgehead atoms. The highest BCUT2D eigenvalue weighted by molar-refractivity contribution is 5.86. The third-order valence-corrected chi connectivity index (χ3v) is 3.61. The van der Waals surface area contributed by atoms with Gasteiger partial charge >= 0.3 is 0 Å². The number of rotatable bonds is 2. The van der Waals surface area contributed by atoms with Gasteiger partial charge in [-0.15, -0.1) is 0 Å². The smallest absolute Gasteiger partial charge is 0.232 e. The average Bonchev–Trinajstić information content (AvgIpc) is 2.74. The quantitative estimate of drug-likeness (QED) is 0.709. The van der Waals surface area contributed by atoms with E-state index in [2.05, 4.69) is 19.1 Å². The second-order valence-electron chi connectivity index (χ2n) is 4.49. The number of ether oxygens (including phenoxy) is 1. The number of β-lactam (4-membered cyclic amide) rings is 1. The summed E-state index contributed by atoms with van der Waals surface area (Å²) in [6, 6.07) is 10.2. The summed E-state index contributed by atoms with van der Waals surface area (Å²) in [5.41, 5.74) is 1.17. The monoisotopic (exact) mass is 217 g/mol. The van der Waals surface area contributed by atoms with Gasteiger partial charge in [0, 0.05) is 0 Å². The Bertz CT molecular complexity index is 404. The number of likely N-dealkylation sites (tertiary alicyclic amines) is 1. The molecule has 2 fully saturated rings. The molecule has 84 valence electrons. The van der Waals surface area contributed by atoms with Gasteiger partial charge in [0.2, 0.25) is 5.91 Å². The number of amides is 1. The zero-order valence-electron chi connectivity index (χ0n) is 9.30. The molecule has 3 nitrogen and oxygen atoms in total. The van der Waals surface area contributed by atoms with Crippen LogP contribution in [0.15, 0.2) is 30.3 Å². The molecule has 0 spiro atoms. The highest BCUT2D eigenvalue weighted by Crippen LogP contribution is 2.41. The molecular formula is C13H15NO2. The number of fused-ring (bicyclic) bond motifs is 1. The van der Waals surface area contributed by atoms with E-state index in [1.54, 1.807) is 0 Å². The van der Waals surface area contributed by atoms with Gasteiger partial charge in [-0.3, -0.25) is 4.79 Å². The van der Waals surface area contributed by atoms with Crippen molar-refractivity contribution in [3.8, 4) is 0 Å². The summed E-state index contributed by atoms with van der Waals surface area (Å²) in [6.07, 6.45) is 0.921. The predicted molar refractivity (Wildman–Crippen MR) is 59.6 cm³/mol. The van der Waals surface area contributed by atoms with Crippen molar-refractivity contribution in [1.29, 1.82) is 0 Å². The third kappa shape index (κ3) is 1.28. The fourth-order valence-electron chi connectivity index (χ4n) is 2.63. The first-order valence-corrected chi connectivity index (χ1v) is 5.78. The van der Waals surface area contributed by atoms with E-state index in [9.17, 15) is 4.79 Å². The molecule has 1 aromatic rings. The Kier molecular flexibility index (Phi) is 2.21. The third-order valence-electron chi connectivity index (χ3n) is 3.61. The van der Waals surface area contributed by atoms with Gasteiger partial charge in [-0.05, 0) is 18.9 Å². The van der Waals surface area contributed by atoms with Crippen LogP contribution in [0.1, 0.15) is 24.9 Å². The van der Waals surface area contributed by atoms with Crippen LogP contribution in [-0.4, -0.2) is 23.6 Å². The zero-order valence-corrected chi connectivity index (χ0v) is 9.30. The first-order valence-electron chi connectivity index (χ1n) is 5.78. The SMILES string of the molecule is C[C@H](c1ccccc1)N1C(=O)[C@H]2CCO[C@H]21. The molecule has 3 heteroatoms. The van der Waals surface area contributed by atoms with Crippen molar-refractivity contribution in [3.63, 3.8) is 0 Å². The van der Waals surface area contributed by atoms with Crippen LogP contribution in [0.5, 0.6) is 0 Å². The van der Waals surface area contributed by atoms with Crippen molar-refractivity contribution in [2.24, 2.45) is 5.92 Å². The Balaban J connectivity index is 1.81. The van der Waals surface area contributed by atoms with Crippen LogP contribution in [0.4, 0.5) is 0 Å². The molecule has 0 aliphatic carbocycles. The van der Waals surface area contributed by atoms with Crippen LogP contribution < -0.4 is 0 Å². The van der Waals surface area contributed by atoms with Crippen molar-refractivity contribution in [2.75, 3.05) is 6.61 Å². The van der Waals surface area contributed by atoms with E-state index in [0.717, 1.165) is 13.0 Å². The van der Waals surface area contributed by atoms with Gasteiger partial charge in [0.05, 0.1) is 18.6 Å². The maximum atomic E-state index is 11.9. The molecule has 0 saturated carbocycles. The summed E-state index contributed by atoms with van der Waals surface area (Å²) in [6.45, 7) is 2.78. The Morgan fingerprint density at radius 1 is 1.38 bits per heavy atom. The summed E-state index contributed by atoms with van der Waals surface area (Å²) in [5, 5.41) is 0. The Labute approximate surface area is 95.0 Å². The lowest BCUT2D eigenvalue weighted by Crippen LogP contribution is -2.59. The number of nitrogens with zero attached hydrogens (tertiary/aromatic N) is 1. The molecule has 2 heterocycles. The molecule has 3 atom stereocenters. The number of benzene rings is 1. The Hall–Kier alpha value is -1.35. The minimum absolute atomic E-state index is 0.0303. The minimum Gasteiger partial charge on any atom is -0.357 e. The van der Waals surface area contributed by atoms with E-state index in [1.807, 2.05) is 23.1 Å². The molecule has 0 unspecified atom stereocenters. The fraction of sp³-hybridized carbons (Fsp3) is 0.462. The van der Waals surface area contributed by atoms with E-state index in [-0.39, 0.29) is 24.1 Å². The fourth-order valence-corrected chi connectivity index (χ4v) is 2.63. The standard InChI is InChI=1S/C13H15NO2/c1-9(10-5-3-2-4-6-10)14-12(15)11-7-8-16-13(11)14/h2-6,9,11,13H,7-8H2,1H3/t9-,11-,13-/m1/s1. The molecular weight excluding hydrogens is 202 g/mol. The van der Waals surface area contributed by atoms with Crippen LogP contribution in [0.3, 0.4) is 0 Å². The number of carbonyl (C=O) groups is 1. The van der Waals surface area contributed by atoms with Gasteiger partial charge in [-0.2, -0.15) is 0 Å². The lowest BCUT2D eigenvalue weighted by molar-refractivity contribution is -0.181. The maximum Gasteiger partial charge on any atom is 0.232 e. The van der Waals surface area contributed by atoms with Crippen LogP contribution in [0, 0.1) is 5.92 Å². The van der Waals surface area contributed by atoms with Crippen molar-refractivity contribution in [2.45, 2.75) is 25.6 Å². The maximum absolute atomic E-state index is 11.9. The van der Waals surface area contributed by atoms with Gasteiger partial charge in [0.25, 0.3) is 0 Å². The van der Waals surface area contributed by atoms with Crippen LogP contribution >= 0.6 is 0 Å². The van der Waals surface area contributed by atoms with Crippen molar-refractivity contribution < 1.29 is 9.53 Å². The number of hydrogen-bond acceptors (Lipinski definition) is 2. The van der Waals surface area contributed by atoms with E-state index < -0.39 is 0 Å². The van der Waals surface area contributed by atoms with Gasteiger partial charge < -0.3 is 9.64 Å². The van der Waals surface area contributed by atoms with E-state index in [4.69, 9.17) is 4.74 Å². The van der Waals surface area contributed by atoms with E-state index >= 15 is 0 Å². The second-order valence-corrected chi connectivity index (χ2v) is 4.49. The normalized spacial score (nSPS) is 29.8. The Morgan fingerprint density at radius 2 is 2.12 bits per heavy atom. The van der Waals surface area contributed by atoms with E-state index in [1.165, 1.54) is 5.56 Å². The minimum atomic E-state index is 0.0303. The molecule has 2 saturated heterocycles. The summed E-state index contributed by atoms with van der Waals surface area (Å²) in [5.74, 6) is 0.380. The topological polar surface area (TPSA) is 29.5 Å².